The molecule has 0 saturated carbocycles. The lowest BCUT2D eigenvalue weighted by Crippen LogP contribution is -2.12. The monoisotopic (exact) mass is 183 g/mol. The Morgan fingerprint density at radius 3 is 2.83 bits per heavy atom. The minimum atomic E-state index is 0.242. The quantitative estimate of drug-likeness (QED) is 0.762. The zero-order chi connectivity index (χ0) is 8.97. The van der Waals surface area contributed by atoms with Crippen molar-refractivity contribution in [2.24, 2.45) is 11.7 Å². The molecular formula is C10H17NS. The Kier molecular flexibility index (Phi) is 3.76. The molecule has 1 rings (SSSR count). The van der Waals surface area contributed by atoms with Gasteiger partial charge in [-0.1, -0.05) is 20.3 Å². The van der Waals surface area contributed by atoms with Crippen molar-refractivity contribution >= 4 is 11.3 Å². The molecule has 1 aromatic heterocycles. The highest BCUT2D eigenvalue weighted by Crippen LogP contribution is 2.22. The van der Waals surface area contributed by atoms with E-state index in [1.165, 1.54) is 12.0 Å². The lowest BCUT2D eigenvalue weighted by atomic mass is 9.97. The molecule has 0 fully saturated rings. The molecule has 12 heavy (non-hydrogen) atoms. The van der Waals surface area contributed by atoms with Gasteiger partial charge >= 0.3 is 0 Å². The topological polar surface area (TPSA) is 26.0 Å². The molecule has 2 atom stereocenters. The Labute approximate surface area is 78.6 Å². The molecule has 0 aromatic carbocycles. The molecule has 2 unspecified atom stereocenters. The van der Waals surface area contributed by atoms with Gasteiger partial charge in [-0.05, 0) is 34.7 Å². The first-order chi connectivity index (χ1) is 5.74. The third kappa shape index (κ3) is 2.61. The Hall–Kier alpha value is -0.340. The molecule has 0 spiro atoms. The van der Waals surface area contributed by atoms with Gasteiger partial charge in [-0.25, -0.2) is 0 Å². The van der Waals surface area contributed by atoms with Crippen LogP contribution in [0.15, 0.2) is 16.8 Å². The molecule has 0 amide bonds. The van der Waals surface area contributed by atoms with E-state index in [2.05, 4.69) is 30.7 Å². The number of rotatable bonds is 4. The predicted molar refractivity (Wildman–Crippen MR) is 55.3 cm³/mol. The van der Waals surface area contributed by atoms with Gasteiger partial charge in [0, 0.05) is 6.04 Å². The zero-order valence-corrected chi connectivity index (χ0v) is 8.60. The summed E-state index contributed by atoms with van der Waals surface area (Å²) in [5.41, 5.74) is 7.31. The minimum Gasteiger partial charge on any atom is -0.324 e. The molecule has 2 heteroatoms. The van der Waals surface area contributed by atoms with E-state index in [4.69, 9.17) is 5.73 Å². The molecule has 2 N–H and O–H groups in total. The molecule has 0 aliphatic carbocycles. The van der Waals surface area contributed by atoms with Crippen LogP contribution < -0.4 is 5.73 Å². The lowest BCUT2D eigenvalue weighted by Gasteiger charge is -2.14. The van der Waals surface area contributed by atoms with E-state index in [9.17, 15) is 0 Å². The van der Waals surface area contributed by atoms with Crippen molar-refractivity contribution in [2.75, 3.05) is 0 Å². The average molecular weight is 183 g/mol. The van der Waals surface area contributed by atoms with Gasteiger partial charge in [0.15, 0.2) is 0 Å². The first-order valence-electron chi connectivity index (χ1n) is 4.51. The fourth-order valence-electron chi connectivity index (χ4n) is 1.22. The van der Waals surface area contributed by atoms with Gasteiger partial charge < -0.3 is 5.73 Å². The molecule has 0 bridgehead atoms. The van der Waals surface area contributed by atoms with Crippen LogP contribution in [-0.2, 0) is 0 Å². The van der Waals surface area contributed by atoms with Crippen LogP contribution in [0.3, 0.4) is 0 Å². The standard InChI is InChI=1S/C10H17NS/c1-3-8(2)6-10(11)9-4-5-12-7-9/h4-5,7-8,10H,3,6,11H2,1-2H3. The zero-order valence-electron chi connectivity index (χ0n) is 7.79. The summed E-state index contributed by atoms with van der Waals surface area (Å²) in [7, 11) is 0. The van der Waals surface area contributed by atoms with E-state index in [1.54, 1.807) is 11.3 Å². The van der Waals surface area contributed by atoms with Crippen molar-refractivity contribution in [3.8, 4) is 0 Å². The molecule has 68 valence electrons. The summed E-state index contributed by atoms with van der Waals surface area (Å²) < 4.78 is 0. The molecule has 0 aliphatic rings. The molecule has 0 saturated heterocycles. The summed E-state index contributed by atoms with van der Waals surface area (Å²) in [4.78, 5) is 0. The lowest BCUT2D eigenvalue weighted by molar-refractivity contribution is 0.462. The van der Waals surface area contributed by atoms with Gasteiger partial charge in [0.25, 0.3) is 0 Å². The molecule has 1 heterocycles. The maximum Gasteiger partial charge on any atom is 0.0305 e. The van der Waals surface area contributed by atoms with E-state index in [0.717, 1.165) is 12.3 Å². The average Bonchev–Trinajstić information content (AvgIpc) is 2.56. The van der Waals surface area contributed by atoms with Crippen LogP contribution in [0.4, 0.5) is 0 Å². The van der Waals surface area contributed by atoms with Crippen LogP contribution in [-0.4, -0.2) is 0 Å². The Morgan fingerprint density at radius 2 is 2.33 bits per heavy atom. The minimum absolute atomic E-state index is 0.242. The highest BCUT2D eigenvalue weighted by atomic mass is 32.1. The van der Waals surface area contributed by atoms with Gasteiger partial charge in [-0.3, -0.25) is 0 Å². The van der Waals surface area contributed by atoms with Gasteiger partial charge in [0.05, 0.1) is 0 Å². The summed E-state index contributed by atoms with van der Waals surface area (Å²) in [6, 6.07) is 2.36. The van der Waals surface area contributed by atoms with E-state index in [-0.39, 0.29) is 6.04 Å². The van der Waals surface area contributed by atoms with Crippen molar-refractivity contribution in [1.82, 2.24) is 0 Å². The summed E-state index contributed by atoms with van der Waals surface area (Å²) >= 11 is 1.72. The van der Waals surface area contributed by atoms with E-state index in [1.807, 2.05) is 0 Å². The van der Waals surface area contributed by atoms with Gasteiger partial charge in [-0.15, -0.1) is 0 Å². The normalized spacial score (nSPS) is 15.9. The maximum absolute atomic E-state index is 6.02. The fourth-order valence-corrected chi connectivity index (χ4v) is 1.95. The van der Waals surface area contributed by atoms with Crippen LogP contribution >= 0.6 is 11.3 Å². The van der Waals surface area contributed by atoms with E-state index >= 15 is 0 Å². The van der Waals surface area contributed by atoms with Crippen LogP contribution in [0, 0.1) is 5.92 Å². The van der Waals surface area contributed by atoms with Crippen LogP contribution in [0.25, 0.3) is 0 Å². The predicted octanol–water partition coefficient (Wildman–Crippen LogP) is 3.18. The first-order valence-corrected chi connectivity index (χ1v) is 5.46. The second-order valence-electron chi connectivity index (χ2n) is 3.41. The Morgan fingerprint density at radius 1 is 1.58 bits per heavy atom. The third-order valence-corrected chi connectivity index (χ3v) is 3.03. The number of hydrogen-bond donors (Lipinski definition) is 1. The van der Waals surface area contributed by atoms with Gasteiger partial charge in [0.2, 0.25) is 0 Å². The number of thiophene rings is 1. The Bertz CT molecular complexity index is 206. The molecule has 1 aromatic rings. The van der Waals surface area contributed by atoms with Crippen LogP contribution in [0.2, 0.25) is 0 Å². The summed E-state index contributed by atoms with van der Waals surface area (Å²) in [6.07, 6.45) is 2.32. The fraction of sp³-hybridized carbons (Fsp3) is 0.600. The van der Waals surface area contributed by atoms with Crippen LogP contribution in [0.5, 0.6) is 0 Å². The summed E-state index contributed by atoms with van der Waals surface area (Å²) in [5, 5.41) is 4.23. The van der Waals surface area contributed by atoms with Crippen molar-refractivity contribution in [3.63, 3.8) is 0 Å². The van der Waals surface area contributed by atoms with Gasteiger partial charge in [0.1, 0.15) is 0 Å². The van der Waals surface area contributed by atoms with Crippen molar-refractivity contribution in [3.05, 3.63) is 22.4 Å². The maximum atomic E-state index is 6.02. The van der Waals surface area contributed by atoms with Crippen molar-refractivity contribution in [1.29, 1.82) is 0 Å². The number of hydrogen-bond acceptors (Lipinski definition) is 2. The molecular weight excluding hydrogens is 166 g/mol. The highest BCUT2D eigenvalue weighted by Gasteiger charge is 2.09. The smallest absolute Gasteiger partial charge is 0.0305 e. The van der Waals surface area contributed by atoms with E-state index in [0.29, 0.717) is 0 Å². The van der Waals surface area contributed by atoms with Crippen molar-refractivity contribution < 1.29 is 0 Å². The number of nitrogens with two attached hydrogens (primary N) is 1. The van der Waals surface area contributed by atoms with Crippen molar-refractivity contribution in [2.45, 2.75) is 32.7 Å². The SMILES string of the molecule is CCC(C)CC(N)c1ccsc1. The Balaban J connectivity index is 2.44. The third-order valence-electron chi connectivity index (χ3n) is 2.32. The second kappa shape index (κ2) is 4.63. The first kappa shape index (κ1) is 9.75. The molecule has 0 radical (unpaired) electrons. The summed E-state index contributed by atoms with van der Waals surface area (Å²) in [5.74, 6) is 0.736. The largest absolute Gasteiger partial charge is 0.324 e. The highest BCUT2D eigenvalue weighted by molar-refractivity contribution is 7.07. The summed E-state index contributed by atoms with van der Waals surface area (Å²) in [6.45, 7) is 4.47. The van der Waals surface area contributed by atoms with Crippen LogP contribution in [0.1, 0.15) is 38.3 Å². The molecule has 0 aliphatic heterocycles. The molecule has 1 nitrogen and oxygen atoms in total. The van der Waals surface area contributed by atoms with Gasteiger partial charge in [-0.2, -0.15) is 11.3 Å². The second-order valence-corrected chi connectivity index (χ2v) is 4.19. The van der Waals surface area contributed by atoms with E-state index < -0.39 is 0 Å².